The lowest BCUT2D eigenvalue weighted by atomic mass is 10.1. The summed E-state index contributed by atoms with van der Waals surface area (Å²) in [6.45, 7) is 1.91. The molecule has 2 heterocycles. The number of halogens is 1. The molecule has 0 N–H and O–H groups in total. The van der Waals surface area contributed by atoms with E-state index in [2.05, 4.69) is 9.97 Å². The zero-order chi connectivity index (χ0) is 15.7. The van der Waals surface area contributed by atoms with Gasteiger partial charge in [-0.05, 0) is 31.5 Å². The van der Waals surface area contributed by atoms with Crippen LogP contribution in [0.1, 0.15) is 12.1 Å². The van der Waals surface area contributed by atoms with E-state index < -0.39 is 9.84 Å². The van der Waals surface area contributed by atoms with Crippen LogP contribution in [-0.2, 0) is 9.84 Å². The quantitative estimate of drug-likeness (QED) is 0.791. The molecule has 116 valence electrons. The van der Waals surface area contributed by atoms with Gasteiger partial charge >= 0.3 is 0 Å². The molecule has 1 aromatic carbocycles. The molecule has 0 bridgehead atoms. The van der Waals surface area contributed by atoms with Gasteiger partial charge in [-0.25, -0.2) is 18.4 Å². The summed E-state index contributed by atoms with van der Waals surface area (Å²) < 4.78 is 23.1. The van der Waals surface area contributed by atoms with Gasteiger partial charge in [-0.15, -0.1) is 0 Å². The van der Waals surface area contributed by atoms with E-state index in [4.69, 9.17) is 11.6 Å². The molecule has 1 saturated heterocycles. The Labute approximate surface area is 139 Å². The molecule has 3 rings (SSSR count). The maximum absolute atomic E-state index is 11.6. The lowest BCUT2D eigenvalue weighted by Gasteiger charge is -2.09. The van der Waals surface area contributed by atoms with Crippen molar-refractivity contribution in [2.24, 2.45) is 0 Å². The molecule has 1 aliphatic heterocycles. The Hall–Kier alpha value is -1.11. The molecular formula is C15H15ClN2O2S2. The highest BCUT2D eigenvalue weighted by molar-refractivity contribution is 8.01. The molecule has 0 spiro atoms. The number of sulfone groups is 1. The van der Waals surface area contributed by atoms with Crippen molar-refractivity contribution in [3.05, 3.63) is 41.0 Å². The number of aromatic nitrogens is 2. The number of nitrogens with zero attached hydrogens (tertiary/aromatic N) is 2. The first-order valence-electron chi connectivity index (χ1n) is 6.90. The van der Waals surface area contributed by atoms with Crippen LogP contribution in [0.4, 0.5) is 0 Å². The summed E-state index contributed by atoms with van der Waals surface area (Å²) in [5.41, 5.74) is 2.66. The Morgan fingerprint density at radius 2 is 1.95 bits per heavy atom. The first kappa shape index (κ1) is 15.8. The van der Waals surface area contributed by atoms with Crippen LogP contribution in [0.15, 0.2) is 35.5 Å². The van der Waals surface area contributed by atoms with Crippen LogP contribution in [0.25, 0.3) is 11.3 Å². The van der Waals surface area contributed by atoms with E-state index in [1.165, 1.54) is 11.8 Å². The predicted octanol–water partition coefficient (Wildman–Crippen LogP) is 3.38. The third kappa shape index (κ3) is 3.80. The number of thioether (sulfide) groups is 1. The molecule has 7 heteroatoms. The monoisotopic (exact) mass is 354 g/mol. The molecule has 1 fully saturated rings. The van der Waals surface area contributed by atoms with Gasteiger partial charge in [0.1, 0.15) is 0 Å². The molecule has 0 aliphatic carbocycles. The van der Waals surface area contributed by atoms with Gasteiger partial charge in [-0.2, -0.15) is 0 Å². The molecule has 0 amide bonds. The van der Waals surface area contributed by atoms with Crippen LogP contribution in [0.2, 0.25) is 5.02 Å². The van der Waals surface area contributed by atoms with E-state index in [0.29, 0.717) is 16.6 Å². The molecule has 0 saturated carbocycles. The first-order valence-corrected chi connectivity index (χ1v) is 9.98. The second kappa shape index (κ2) is 6.18. The summed E-state index contributed by atoms with van der Waals surface area (Å²) in [5, 5.41) is 1.36. The molecule has 1 aromatic heterocycles. The van der Waals surface area contributed by atoms with Crippen molar-refractivity contribution in [3.63, 3.8) is 0 Å². The standard InChI is InChI=1S/C15H15ClN2O2S2/c1-10-8-14(11-2-4-12(16)5-3-11)18-15(17-10)21-13-6-7-22(19,20)9-13/h2-5,8,13H,6-7,9H2,1H3/t13-/m0/s1. The van der Waals surface area contributed by atoms with Crippen molar-refractivity contribution < 1.29 is 8.42 Å². The number of rotatable bonds is 3. The van der Waals surface area contributed by atoms with Crippen molar-refractivity contribution in [2.75, 3.05) is 11.5 Å². The lowest BCUT2D eigenvalue weighted by Crippen LogP contribution is -2.07. The largest absolute Gasteiger partial charge is 0.229 e. The van der Waals surface area contributed by atoms with Crippen LogP contribution in [0.3, 0.4) is 0 Å². The van der Waals surface area contributed by atoms with Gasteiger partial charge in [-0.1, -0.05) is 35.5 Å². The fourth-order valence-electron chi connectivity index (χ4n) is 2.37. The second-order valence-corrected chi connectivity index (χ2v) is 9.26. The normalized spacial score (nSPS) is 20.2. The summed E-state index contributed by atoms with van der Waals surface area (Å²) in [6.07, 6.45) is 0.667. The van der Waals surface area contributed by atoms with E-state index in [1.54, 1.807) is 0 Å². The zero-order valence-corrected chi connectivity index (χ0v) is 14.4. The van der Waals surface area contributed by atoms with Gasteiger partial charge in [0.05, 0.1) is 17.2 Å². The molecule has 1 aliphatic rings. The highest BCUT2D eigenvalue weighted by Crippen LogP contribution is 2.30. The highest BCUT2D eigenvalue weighted by Gasteiger charge is 2.29. The minimum atomic E-state index is -2.88. The number of hydrogen-bond acceptors (Lipinski definition) is 5. The summed E-state index contributed by atoms with van der Waals surface area (Å²) >= 11 is 7.36. The van der Waals surface area contributed by atoms with Crippen molar-refractivity contribution in [3.8, 4) is 11.3 Å². The summed E-state index contributed by atoms with van der Waals surface area (Å²) in [5.74, 6) is 0.478. The van der Waals surface area contributed by atoms with E-state index in [-0.39, 0.29) is 16.8 Å². The molecule has 0 radical (unpaired) electrons. The maximum Gasteiger partial charge on any atom is 0.188 e. The average Bonchev–Trinajstić information content (AvgIpc) is 2.78. The molecule has 0 unspecified atom stereocenters. The van der Waals surface area contributed by atoms with Crippen LogP contribution < -0.4 is 0 Å². The second-order valence-electron chi connectivity index (χ2n) is 5.33. The highest BCUT2D eigenvalue weighted by atomic mass is 35.5. The fourth-order valence-corrected chi connectivity index (χ4v) is 5.96. The van der Waals surface area contributed by atoms with Crippen molar-refractivity contribution in [1.29, 1.82) is 0 Å². The van der Waals surface area contributed by atoms with E-state index >= 15 is 0 Å². The number of hydrogen-bond donors (Lipinski definition) is 0. The van der Waals surface area contributed by atoms with E-state index in [0.717, 1.165) is 17.0 Å². The maximum atomic E-state index is 11.6. The van der Waals surface area contributed by atoms with Crippen molar-refractivity contribution in [1.82, 2.24) is 9.97 Å². The predicted molar refractivity (Wildman–Crippen MR) is 90.1 cm³/mol. The SMILES string of the molecule is Cc1cc(-c2ccc(Cl)cc2)nc(S[C@H]2CCS(=O)(=O)C2)n1. The van der Waals surface area contributed by atoms with Crippen LogP contribution in [-0.4, -0.2) is 35.1 Å². The summed E-state index contributed by atoms with van der Waals surface area (Å²) in [6, 6.07) is 9.39. The van der Waals surface area contributed by atoms with Gasteiger partial charge < -0.3 is 0 Å². The van der Waals surface area contributed by atoms with Gasteiger partial charge in [-0.3, -0.25) is 0 Å². The van der Waals surface area contributed by atoms with Gasteiger partial charge in [0.25, 0.3) is 0 Å². The number of aryl methyl sites for hydroxylation is 1. The molecule has 1 atom stereocenters. The minimum Gasteiger partial charge on any atom is -0.229 e. The van der Waals surface area contributed by atoms with E-state index in [1.807, 2.05) is 37.3 Å². The average molecular weight is 355 g/mol. The molecule has 2 aromatic rings. The van der Waals surface area contributed by atoms with Crippen LogP contribution in [0, 0.1) is 6.92 Å². The Bertz CT molecular complexity index is 792. The van der Waals surface area contributed by atoms with E-state index in [9.17, 15) is 8.42 Å². The Balaban J connectivity index is 1.85. The zero-order valence-electron chi connectivity index (χ0n) is 12.0. The fraction of sp³-hybridized carbons (Fsp3) is 0.333. The number of benzene rings is 1. The van der Waals surface area contributed by atoms with Crippen molar-refractivity contribution in [2.45, 2.75) is 23.8 Å². The van der Waals surface area contributed by atoms with Gasteiger partial charge in [0.2, 0.25) is 0 Å². The minimum absolute atomic E-state index is 0.0462. The Morgan fingerprint density at radius 1 is 1.23 bits per heavy atom. The van der Waals surface area contributed by atoms with Crippen LogP contribution in [0.5, 0.6) is 0 Å². The lowest BCUT2D eigenvalue weighted by molar-refractivity contribution is 0.602. The molecular weight excluding hydrogens is 340 g/mol. The van der Waals surface area contributed by atoms with Crippen molar-refractivity contribution >= 4 is 33.2 Å². The van der Waals surface area contributed by atoms with Gasteiger partial charge in [0.15, 0.2) is 15.0 Å². The topological polar surface area (TPSA) is 59.9 Å². The third-order valence-electron chi connectivity index (χ3n) is 3.44. The Kier molecular flexibility index (Phi) is 4.43. The third-order valence-corrected chi connectivity index (χ3v) is 6.80. The Morgan fingerprint density at radius 3 is 2.59 bits per heavy atom. The summed E-state index contributed by atoms with van der Waals surface area (Å²) in [4.78, 5) is 8.98. The molecule has 4 nitrogen and oxygen atoms in total. The molecule has 22 heavy (non-hydrogen) atoms. The smallest absolute Gasteiger partial charge is 0.188 e. The van der Waals surface area contributed by atoms with Crippen LogP contribution >= 0.6 is 23.4 Å². The van der Waals surface area contributed by atoms with Gasteiger partial charge in [0, 0.05) is 21.5 Å². The first-order chi connectivity index (χ1) is 10.4. The summed E-state index contributed by atoms with van der Waals surface area (Å²) in [7, 11) is -2.88.